The van der Waals surface area contributed by atoms with E-state index in [1.807, 2.05) is 6.92 Å². The van der Waals surface area contributed by atoms with Gasteiger partial charge in [-0.25, -0.2) is 9.97 Å². The SMILES string of the molecule is Cc1cnc(C(=O)N2CCC[C@@H](Nc3ccc(C(F)(F)F)cn3)C2)c(-n2nccn2)c1. The van der Waals surface area contributed by atoms with Crippen LogP contribution in [0.15, 0.2) is 43.0 Å². The number of anilines is 1. The molecule has 1 atom stereocenters. The number of hydrogen-bond donors (Lipinski definition) is 1. The van der Waals surface area contributed by atoms with Gasteiger partial charge >= 0.3 is 6.18 Å². The number of aryl methyl sites for hydroxylation is 1. The normalized spacial score (nSPS) is 16.9. The Labute approximate surface area is 176 Å². The zero-order valence-electron chi connectivity index (χ0n) is 16.7. The second-order valence-corrected chi connectivity index (χ2v) is 7.36. The molecular weight excluding hydrogens is 411 g/mol. The minimum atomic E-state index is -4.43. The maximum Gasteiger partial charge on any atom is 0.417 e. The van der Waals surface area contributed by atoms with Crippen molar-refractivity contribution < 1.29 is 18.0 Å². The van der Waals surface area contributed by atoms with Crippen molar-refractivity contribution in [3.8, 4) is 5.69 Å². The van der Waals surface area contributed by atoms with E-state index in [1.54, 1.807) is 17.2 Å². The molecule has 0 aromatic carbocycles. The van der Waals surface area contributed by atoms with Crippen LogP contribution in [0.1, 0.15) is 34.5 Å². The topological polar surface area (TPSA) is 88.8 Å². The molecule has 1 amide bonds. The van der Waals surface area contributed by atoms with Crippen LogP contribution < -0.4 is 5.32 Å². The lowest BCUT2D eigenvalue weighted by molar-refractivity contribution is -0.137. The highest BCUT2D eigenvalue weighted by Gasteiger charge is 2.31. The summed E-state index contributed by atoms with van der Waals surface area (Å²) in [4.78, 5) is 24.4. The van der Waals surface area contributed by atoms with E-state index < -0.39 is 11.7 Å². The number of carbonyl (C=O) groups excluding carboxylic acids is 1. The second-order valence-electron chi connectivity index (χ2n) is 7.36. The van der Waals surface area contributed by atoms with Crippen LogP contribution in [0.25, 0.3) is 5.69 Å². The summed E-state index contributed by atoms with van der Waals surface area (Å²) >= 11 is 0. The number of nitrogens with zero attached hydrogens (tertiary/aromatic N) is 6. The molecule has 4 rings (SSSR count). The molecule has 1 aliphatic heterocycles. The van der Waals surface area contributed by atoms with Crippen LogP contribution in [0, 0.1) is 6.92 Å². The average Bonchev–Trinajstić information content (AvgIpc) is 3.28. The Morgan fingerprint density at radius 3 is 2.61 bits per heavy atom. The van der Waals surface area contributed by atoms with Gasteiger partial charge in [-0.2, -0.15) is 23.4 Å². The molecular formula is C20H20F3N7O. The lowest BCUT2D eigenvalue weighted by Gasteiger charge is -2.33. The van der Waals surface area contributed by atoms with Gasteiger partial charge in [0, 0.05) is 31.5 Å². The van der Waals surface area contributed by atoms with Gasteiger partial charge in [0.25, 0.3) is 5.91 Å². The summed E-state index contributed by atoms with van der Waals surface area (Å²) < 4.78 is 38.2. The van der Waals surface area contributed by atoms with E-state index in [-0.39, 0.29) is 17.6 Å². The van der Waals surface area contributed by atoms with Gasteiger partial charge in [0.15, 0.2) is 5.69 Å². The Hall–Kier alpha value is -3.50. The van der Waals surface area contributed by atoms with Crippen molar-refractivity contribution in [2.24, 2.45) is 0 Å². The van der Waals surface area contributed by atoms with E-state index in [0.717, 1.165) is 30.7 Å². The maximum atomic E-state index is 13.2. The number of nitrogens with one attached hydrogen (secondary N) is 1. The number of rotatable bonds is 4. The highest BCUT2D eigenvalue weighted by Crippen LogP contribution is 2.29. The van der Waals surface area contributed by atoms with Crippen molar-refractivity contribution >= 4 is 11.7 Å². The first-order valence-electron chi connectivity index (χ1n) is 9.73. The first-order valence-corrected chi connectivity index (χ1v) is 9.73. The summed E-state index contributed by atoms with van der Waals surface area (Å²) in [5, 5.41) is 11.3. The number of alkyl halides is 3. The lowest BCUT2D eigenvalue weighted by Crippen LogP contribution is -2.45. The number of halogens is 3. The van der Waals surface area contributed by atoms with Gasteiger partial charge in [-0.05, 0) is 43.5 Å². The molecule has 3 aromatic heterocycles. The Bertz CT molecular complexity index is 1050. The molecule has 4 heterocycles. The molecule has 0 radical (unpaired) electrons. The smallest absolute Gasteiger partial charge is 0.366 e. The number of pyridine rings is 2. The molecule has 1 saturated heterocycles. The van der Waals surface area contributed by atoms with E-state index in [0.29, 0.717) is 24.6 Å². The Kier molecular flexibility index (Phi) is 5.57. The van der Waals surface area contributed by atoms with Gasteiger partial charge < -0.3 is 10.2 Å². The molecule has 11 heteroatoms. The number of carbonyl (C=O) groups is 1. The summed E-state index contributed by atoms with van der Waals surface area (Å²) in [5.74, 6) is 0.0846. The van der Waals surface area contributed by atoms with E-state index in [1.165, 1.54) is 23.3 Å². The van der Waals surface area contributed by atoms with Crippen molar-refractivity contribution in [1.29, 1.82) is 0 Å². The molecule has 1 N–H and O–H groups in total. The molecule has 0 unspecified atom stereocenters. The second kappa shape index (κ2) is 8.32. The lowest BCUT2D eigenvalue weighted by atomic mass is 10.0. The van der Waals surface area contributed by atoms with Gasteiger partial charge in [0.2, 0.25) is 0 Å². The minimum Gasteiger partial charge on any atom is -0.366 e. The van der Waals surface area contributed by atoms with Crippen LogP contribution >= 0.6 is 0 Å². The van der Waals surface area contributed by atoms with Gasteiger partial charge in [-0.1, -0.05) is 0 Å². The van der Waals surface area contributed by atoms with Crippen molar-refractivity contribution in [3.63, 3.8) is 0 Å². The molecule has 1 fully saturated rings. The van der Waals surface area contributed by atoms with E-state index in [4.69, 9.17) is 0 Å². The third-order valence-electron chi connectivity index (χ3n) is 4.99. The van der Waals surface area contributed by atoms with Crippen molar-refractivity contribution in [2.45, 2.75) is 32.0 Å². The van der Waals surface area contributed by atoms with Gasteiger partial charge in [-0.15, -0.1) is 4.80 Å². The van der Waals surface area contributed by atoms with Crippen molar-refractivity contribution in [3.05, 3.63) is 59.8 Å². The summed E-state index contributed by atoms with van der Waals surface area (Å²) in [6.07, 6.45) is 2.54. The van der Waals surface area contributed by atoms with Gasteiger partial charge in [-0.3, -0.25) is 4.79 Å². The molecule has 162 valence electrons. The predicted octanol–water partition coefficient (Wildman–Crippen LogP) is 3.10. The van der Waals surface area contributed by atoms with E-state index in [9.17, 15) is 18.0 Å². The summed E-state index contributed by atoms with van der Waals surface area (Å²) in [5.41, 5.74) is 0.809. The maximum absolute atomic E-state index is 13.2. The third-order valence-corrected chi connectivity index (χ3v) is 4.99. The monoisotopic (exact) mass is 431 g/mol. The molecule has 0 spiro atoms. The number of likely N-dealkylation sites (tertiary alicyclic amines) is 1. The fourth-order valence-corrected chi connectivity index (χ4v) is 3.50. The van der Waals surface area contributed by atoms with E-state index in [2.05, 4.69) is 25.5 Å². The van der Waals surface area contributed by atoms with Gasteiger partial charge in [0.1, 0.15) is 11.5 Å². The average molecular weight is 431 g/mol. The first-order chi connectivity index (χ1) is 14.8. The fraction of sp³-hybridized carbons (Fsp3) is 0.350. The van der Waals surface area contributed by atoms with Crippen molar-refractivity contribution in [1.82, 2.24) is 29.9 Å². The Morgan fingerprint density at radius 1 is 1.16 bits per heavy atom. The number of amides is 1. The quantitative estimate of drug-likeness (QED) is 0.683. The standard InChI is InChI=1S/C20H20F3N7O/c1-13-9-16(30-26-6-7-27-30)18(25-10-13)19(31)29-8-2-3-15(12-29)28-17-5-4-14(11-24-17)20(21,22)23/h4-7,9-11,15H,2-3,8,12H2,1H3,(H,24,28)/t15-/m1/s1. The fourth-order valence-electron chi connectivity index (χ4n) is 3.50. The first kappa shape index (κ1) is 20.8. The highest BCUT2D eigenvalue weighted by atomic mass is 19.4. The summed E-state index contributed by atoms with van der Waals surface area (Å²) in [7, 11) is 0. The number of aromatic nitrogens is 5. The third kappa shape index (κ3) is 4.65. The summed E-state index contributed by atoms with van der Waals surface area (Å²) in [6.45, 7) is 2.80. The minimum absolute atomic E-state index is 0.140. The highest BCUT2D eigenvalue weighted by molar-refractivity contribution is 5.95. The predicted molar refractivity (Wildman–Crippen MR) is 106 cm³/mol. The van der Waals surface area contributed by atoms with Crippen LogP contribution in [-0.2, 0) is 6.18 Å². The largest absolute Gasteiger partial charge is 0.417 e. The Morgan fingerprint density at radius 2 is 1.94 bits per heavy atom. The Balaban J connectivity index is 1.49. The molecule has 31 heavy (non-hydrogen) atoms. The van der Waals surface area contributed by atoms with Gasteiger partial charge in [0.05, 0.1) is 18.0 Å². The van der Waals surface area contributed by atoms with Crippen LogP contribution in [-0.4, -0.2) is 54.9 Å². The molecule has 1 aliphatic rings. The van der Waals surface area contributed by atoms with Crippen LogP contribution in [0.4, 0.5) is 19.0 Å². The molecule has 3 aromatic rings. The molecule has 0 aliphatic carbocycles. The van der Waals surface area contributed by atoms with E-state index >= 15 is 0 Å². The number of piperidine rings is 1. The van der Waals surface area contributed by atoms with Crippen LogP contribution in [0.2, 0.25) is 0 Å². The van der Waals surface area contributed by atoms with Crippen LogP contribution in [0.5, 0.6) is 0 Å². The molecule has 0 saturated carbocycles. The summed E-state index contributed by atoms with van der Waals surface area (Å²) in [6, 6.07) is 3.94. The molecule has 8 nitrogen and oxygen atoms in total. The zero-order valence-corrected chi connectivity index (χ0v) is 16.7. The van der Waals surface area contributed by atoms with Crippen LogP contribution in [0.3, 0.4) is 0 Å². The van der Waals surface area contributed by atoms with Crippen molar-refractivity contribution in [2.75, 3.05) is 18.4 Å². The zero-order chi connectivity index (χ0) is 22.0. The molecule has 0 bridgehead atoms. The number of hydrogen-bond acceptors (Lipinski definition) is 6.